The molecule has 0 aliphatic heterocycles. The molecule has 1 rings (SSSR count). The Morgan fingerprint density at radius 2 is 1.50 bits per heavy atom. The van der Waals surface area contributed by atoms with Crippen molar-refractivity contribution < 1.29 is 8.42 Å². The van der Waals surface area contributed by atoms with Gasteiger partial charge in [-0.05, 0) is 19.0 Å². The summed E-state index contributed by atoms with van der Waals surface area (Å²) in [6.45, 7) is 6.16. The molecule has 1 aromatic carbocycles. The molecule has 0 aliphatic carbocycles. The Kier molecular flexibility index (Phi) is 11.7. The van der Waals surface area contributed by atoms with Crippen LogP contribution in [0.4, 0.5) is 0 Å². The quantitative estimate of drug-likeness (QED) is 0.870. The van der Waals surface area contributed by atoms with Gasteiger partial charge in [0.2, 0.25) is 10.0 Å². The fourth-order valence-electron chi connectivity index (χ4n) is 0.714. The first-order chi connectivity index (χ1) is 7.49. The van der Waals surface area contributed by atoms with Gasteiger partial charge in [-0.15, -0.1) is 0 Å². The van der Waals surface area contributed by atoms with Gasteiger partial charge in [0, 0.05) is 0 Å². The topological polar surface area (TPSA) is 46.2 Å². The summed E-state index contributed by atoms with van der Waals surface area (Å²) in [6.07, 6.45) is 2.24. The molecule has 0 saturated heterocycles. The van der Waals surface area contributed by atoms with E-state index < -0.39 is 10.0 Å². The fraction of sp³-hybridized carbons (Fsp3) is 0.500. The minimum absolute atomic E-state index is 1.10. The van der Waals surface area contributed by atoms with Crippen molar-refractivity contribution in [3.63, 3.8) is 0 Å². The Morgan fingerprint density at radius 3 is 1.69 bits per heavy atom. The summed E-state index contributed by atoms with van der Waals surface area (Å²) < 4.78 is 21.9. The van der Waals surface area contributed by atoms with Gasteiger partial charge in [-0.2, -0.15) is 0 Å². The lowest BCUT2D eigenvalue weighted by Crippen LogP contribution is -2.15. The van der Waals surface area contributed by atoms with Crippen LogP contribution in [-0.2, 0) is 16.4 Å². The molecule has 0 amide bonds. The lowest BCUT2D eigenvalue weighted by Gasteiger charge is -1.89. The van der Waals surface area contributed by atoms with Gasteiger partial charge in [-0.1, -0.05) is 51.1 Å². The van der Waals surface area contributed by atoms with Crippen LogP contribution in [0.25, 0.3) is 0 Å². The third-order valence-corrected chi connectivity index (χ3v) is 2.36. The van der Waals surface area contributed by atoms with E-state index in [4.69, 9.17) is 0 Å². The van der Waals surface area contributed by atoms with Crippen LogP contribution in [0.3, 0.4) is 0 Å². The number of rotatable bonds is 2. The summed E-state index contributed by atoms with van der Waals surface area (Å²) in [5.41, 5.74) is 1.41. The van der Waals surface area contributed by atoms with Crippen molar-refractivity contribution >= 4 is 10.0 Å². The summed E-state index contributed by atoms with van der Waals surface area (Å²) >= 11 is 0. The van der Waals surface area contributed by atoms with E-state index in [1.807, 2.05) is 19.9 Å². The summed E-state index contributed by atoms with van der Waals surface area (Å²) in [6, 6.07) is 10.5. The van der Waals surface area contributed by atoms with Crippen molar-refractivity contribution in [2.24, 2.45) is 0 Å². The number of sulfonamides is 1. The zero-order valence-corrected chi connectivity index (χ0v) is 11.6. The van der Waals surface area contributed by atoms with Gasteiger partial charge in [0.25, 0.3) is 0 Å². The Labute approximate surface area is 99.9 Å². The molecule has 0 atom stereocenters. The van der Waals surface area contributed by atoms with Crippen molar-refractivity contribution in [1.82, 2.24) is 4.72 Å². The van der Waals surface area contributed by atoms with Gasteiger partial charge < -0.3 is 0 Å². The van der Waals surface area contributed by atoms with Crippen LogP contribution in [0.5, 0.6) is 0 Å². The molecule has 0 fully saturated rings. The largest absolute Gasteiger partial charge is 0.219 e. The Bertz CT molecular complexity index is 333. The highest BCUT2D eigenvalue weighted by Crippen LogP contribution is 1.96. The molecule has 0 radical (unpaired) electrons. The first kappa shape index (κ1) is 17.5. The number of hydrogen-bond donors (Lipinski definition) is 1. The Balaban J connectivity index is 0. The minimum Gasteiger partial charge on any atom is -0.219 e. The number of benzene rings is 1. The molecule has 0 saturated carbocycles. The van der Waals surface area contributed by atoms with Crippen LogP contribution in [0.15, 0.2) is 30.3 Å². The average Bonchev–Trinajstić information content (AvgIpc) is 2.32. The summed E-state index contributed by atoms with van der Waals surface area (Å²) in [4.78, 5) is 0. The van der Waals surface area contributed by atoms with E-state index in [1.54, 1.807) is 0 Å². The zero-order chi connectivity index (χ0) is 13.0. The van der Waals surface area contributed by atoms with E-state index in [-0.39, 0.29) is 0 Å². The second-order valence-corrected chi connectivity index (χ2v) is 4.77. The number of hydrogen-bond acceptors (Lipinski definition) is 2. The average molecular weight is 245 g/mol. The van der Waals surface area contributed by atoms with Crippen LogP contribution >= 0.6 is 0 Å². The molecule has 1 N–H and O–H groups in total. The van der Waals surface area contributed by atoms with Crippen molar-refractivity contribution in [2.75, 3.05) is 13.3 Å². The second-order valence-electron chi connectivity index (χ2n) is 2.82. The van der Waals surface area contributed by atoms with Gasteiger partial charge in [0.15, 0.2) is 0 Å². The van der Waals surface area contributed by atoms with E-state index in [0.717, 1.165) is 12.7 Å². The van der Waals surface area contributed by atoms with E-state index >= 15 is 0 Å². The SMILES string of the molecule is CC.CCc1ccccc1.CNS(C)(=O)=O. The molecular formula is C12H23NO2S. The van der Waals surface area contributed by atoms with E-state index in [9.17, 15) is 8.42 Å². The van der Waals surface area contributed by atoms with Crippen LogP contribution in [-0.4, -0.2) is 21.7 Å². The lowest BCUT2D eigenvalue weighted by atomic mass is 10.2. The molecule has 1 aromatic rings. The van der Waals surface area contributed by atoms with E-state index in [2.05, 4.69) is 35.9 Å². The number of nitrogens with one attached hydrogen (secondary N) is 1. The highest BCUT2D eigenvalue weighted by atomic mass is 32.2. The van der Waals surface area contributed by atoms with Crippen molar-refractivity contribution in [3.8, 4) is 0 Å². The fourth-order valence-corrected chi connectivity index (χ4v) is 0.714. The molecular weight excluding hydrogens is 222 g/mol. The molecule has 3 nitrogen and oxygen atoms in total. The highest BCUT2D eigenvalue weighted by Gasteiger charge is 1.88. The first-order valence-electron chi connectivity index (χ1n) is 5.42. The van der Waals surface area contributed by atoms with E-state index in [0.29, 0.717) is 0 Å². The smallest absolute Gasteiger partial charge is 0.208 e. The summed E-state index contributed by atoms with van der Waals surface area (Å²) in [5.74, 6) is 0. The van der Waals surface area contributed by atoms with Crippen molar-refractivity contribution in [2.45, 2.75) is 27.2 Å². The Morgan fingerprint density at radius 1 is 1.12 bits per heavy atom. The van der Waals surface area contributed by atoms with E-state index in [1.165, 1.54) is 12.6 Å². The maximum atomic E-state index is 9.89. The van der Waals surface area contributed by atoms with Crippen LogP contribution in [0.1, 0.15) is 26.3 Å². The molecule has 16 heavy (non-hydrogen) atoms. The zero-order valence-electron chi connectivity index (χ0n) is 10.8. The molecule has 94 valence electrons. The predicted molar refractivity (Wildman–Crippen MR) is 71.1 cm³/mol. The van der Waals surface area contributed by atoms with Gasteiger partial charge in [0.1, 0.15) is 0 Å². The van der Waals surface area contributed by atoms with Gasteiger partial charge in [0.05, 0.1) is 6.26 Å². The standard InChI is InChI=1S/C8H10.C2H7NO2S.C2H6/c1-2-8-6-4-3-5-7-8;1-3-6(2,4)5;1-2/h3-7H,2H2,1H3;3H,1-2H3;1-2H3. The molecule has 0 aromatic heterocycles. The molecule has 0 aliphatic rings. The molecule has 0 bridgehead atoms. The maximum absolute atomic E-state index is 9.89. The monoisotopic (exact) mass is 245 g/mol. The van der Waals surface area contributed by atoms with Crippen LogP contribution in [0.2, 0.25) is 0 Å². The molecule has 4 heteroatoms. The third kappa shape index (κ3) is 13.1. The van der Waals surface area contributed by atoms with Crippen LogP contribution in [0, 0.1) is 0 Å². The van der Waals surface area contributed by atoms with Crippen LogP contribution < -0.4 is 4.72 Å². The third-order valence-electron chi connectivity index (χ3n) is 1.62. The maximum Gasteiger partial charge on any atom is 0.208 e. The minimum atomic E-state index is -2.91. The van der Waals surface area contributed by atoms with Gasteiger partial charge >= 0.3 is 0 Å². The Hall–Kier alpha value is -0.870. The molecule has 0 unspecified atom stereocenters. The van der Waals surface area contributed by atoms with Crippen molar-refractivity contribution in [3.05, 3.63) is 35.9 Å². The van der Waals surface area contributed by atoms with Gasteiger partial charge in [-0.3, -0.25) is 0 Å². The first-order valence-corrected chi connectivity index (χ1v) is 7.31. The van der Waals surface area contributed by atoms with Gasteiger partial charge in [-0.25, -0.2) is 13.1 Å². The lowest BCUT2D eigenvalue weighted by molar-refractivity contribution is 0.594. The highest BCUT2D eigenvalue weighted by molar-refractivity contribution is 7.88. The summed E-state index contributed by atoms with van der Waals surface area (Å²) in [5, 5.41) is 0. The molecule has 0 heterocycles. The second kappa shape index (κ2) is 10.6. The number of aryl methyl sites for hydroxylation is 1. The predicted octanol–water partition coefficient (Wildman–Crippen LogP) is 2.44. The molecule has 0 spiro atoms. The summed E-state index contributed by atoms with van der Waals surface area (Å²) in [7, 11) is -1.54. The normalized spacial score (nSPS) is 9.31. The van der Waals surface area contributed by atoms with Crippen molar-refractivity contribution in [1.29, 1.82) is 0 Å².